The maximum absolute atomic E-state index is 14.1. The maximum Gasteiger partial charge on any atom is 0.244 e. The summed E-state index contributed by atoms with van der Waals surface area (Å²) in [5.41, 5.74) is 2.42. The normalized spacial score (nSPS) is 12.8. The number of carbonyl (C=O) groups is 2. The summed E-state index contributed by atoms with van der Waals surface area (Å²) in [5.74, 6) is -0.881. The molecule has 0 aliphatic rings. The summed E-state index contributed by atoms with van der Waals surface area (Å²) in [7, 11) is -3.89. The van der Waals surface area contributed by atoms with Gasteiger partial charge in [-0.1, -0.05) is 84.7 Å². The Hall–Kier alpha value is -3.07. The molecular formula is C30H35Cl2N3O4S. The van der Waals surface area contributed by atoms with Crippen molar-refractivity contribution >= 4 is 50.7 Å². The zero-order valence-corrected chi connectivity index (χ0v) is 25.4. The maximum atomic E-state index is 14.1. The topological polar surface area (TPSA) is 86.8 Å². The van der Waals surface area contributed by atoms with Crippen LogP contribution in [0.25, 0.3) is 0 Å². The van der Waals surface area contributed by atoms with Gasteiger partial charge in [-0.3, -0.25) is 13.9 Å². The molecule has 0 saturated heterocycles. The Bertz CT molecular complexity index is 1430. The lowest BCUT2D eigenvalue weighted by atomic mass is 10.0. The second-order valence-corrected chi connectivity index (χ2v) is 12.6. The summed E-state index contributed by atoms with van der Waals surface area (Å²) in [6, 6.07) is 20.3. The minimum absolute atomic E-state index is 0.00998. The molecule has 3 aromatic rings. The number of nitrogens with one attached hydrogen (secondary N) is 1. The van der Waals surface area contributed by atoms with Crippen molar-refractivity contribution in [3.05, 3.63) is 99.5 Å². The fourth-order valence-corrected chi connectivity index (χ4v) is 5.51. The molecule has 214 valence electrons. The van der Waals surface area contributed by atoms with E-state index in [1.165, 1.54) is 11.0 Å². The van der Waals surface area contributed by atoms with Crippen LogP contribution in [0.2, 0.25) is 10.0 Å². The predicted molar refractivity (Wildman–Crippen MR) is 162 cm³/mol. The Morgan fingerprint density at radius 3 is 2.25 bits per heavy atom. The van der Waals surface area contributed by atoms with Gasteiger partial charge in [0.1, 0.15) is 12.6 Å². The lowest BCUT2D eigenvalue weighted by Crippen LogP contribution is -2.54. The number of carbonyl (C=O) groups excluding carboxylic acids is 2. The molecule has 2 unspecified atom stereocenters. The monoisotopic (exact) mass is 603 g/mol. The quantitative estimate of drug-likeness (QED) is 0.291. The second kappa shape index (κ2) is 14.0. The number of rotatable bonds is 12. The minimum Gasteiger partial charge on any atom is -0.352 e. The molecule has 0 radical (unpaired) electrons. The largest absolute Gasteiger partial charge is 0.352 e. The Morgan fingerprint density at radius 1 is 0.975 bits per heavy atom. The molecule has 0 heterocycles. The molecule has 2 amide bonds. The van der Waals surface area contributed by atoms with E-state index < -0.39 is 28.5 Å². The highest BCUT2D eigenvalue weighted by Gasteiger charge is 2.34. The Morgan fingerprint density at radius 2 is 1.62 bits per heavy atom. The number of amides is 2. The van der Waals surface area contributed by atoms with Gasteiger partial charge in [-0.2, -0.15) is 0 Å². The third-order valence-electron chi connectivity index (χ3n) is 6.69. The summed E-state index contributed by atoms with van der Waals surface area (Å²) in [4.78, 5) is 29.3. The van der Waals surface area contributed by atoms with Crippen molar-refractivity contribution in [3.8, 4) is 0 Å². The minimum atomic E-state index is -3.89. The molecule has 0 fully saturated rings. The van der Waals surface area contributed by atoms with Crippen LogP contribution in [0.15, 0.2) is 72.8 Å². The van der Waals surface area contributed by atoms with Crippen LogP contribution in [0.5, 0.6) is 0 Å². The molecule has 2 atom stereocenters. The van der Waals surface area contributed by atoms with Crippen molar-refractivity contribution < 1.29 is 18.0 Å². The number of nitrogens with zero attached hydrogens (tertiary/aromatic N) is 2. The van der Waals surface area contributed by atoms with E-state index in [2.05, 4.69) is 5.32 Å². The van der Waals surface area contributed by atoms with Crippen molar-refractivity contribution in [2.24, 2.45) is 0 Å². The molecule has 0 saturated carbocycles. The van der Waals surface area contributed by atoms with Crippen molar-refractivity contribution in [3.63, 3.8) is 0 Å². The van der Waals surface area contributed by atoms with Gasteiger partial charge in [-0.25, -0.2) is 8.42 Å². The highest BCUT2D eigenvalue weighted by Crippen LogP contribution is 2.27. The van der Waals surface area contributed by atoms with Crippen molar-refractivity contribution in [1.29, 1.82) is 0 Å². The van der Waals surface area contributed by atoms with E-state index in [0.717, 1.165) is 16.1 Å². The molecule has 40 heavy (non-hydrogen) atoms. The van der Waals surface area contributed by atoms with Gasteiger partial charge >= 0.3 is 0 Å². The van der Waals surface area contributed by atoms with Gasteiger partial charge in [-0.05, 0) is 55.2 Å². The van der Waals surface area contributed by atoms with E-state index in [9.17, 15) is 18.0 Å². The molecule has 0 spiro atoms. The van der Waals surface area contributed by atoms with Gasteiger partial charge in [0.25, 0.3) is 0 Å². The van der Waals surface area contributed by atoms with E-state index in [4.69, 9.17) is 23.2 Å². The smallest absolute Gasteiger partial charge is 0.244 e. The van der Waals surface area contributed by atoms with Crippen LogP contribution in [0.1, 0.15) is 37.0 Å². The van der Waals surface area contributed by atoms with Crippen LogP contribution in [-0.4, -0.2) is 50.0 Å². The predicted octanol–water partition coefficient (Wildman–Crippen LogP) is 5.62. The first kappa shape index (κ1) is 31.5. The molecule has 10 heteroatoms. The lowest BCUT2D eigenvalue weighted by Gasteiger charge is -2.34. The summed E-state index contributed by atoms with van der Waals surface area (Å²) < 4.78 is 26.9. The van der Waals surface area contributed by atoms with Gasteiger partial charge < -0.3 is 10.2 Å². The van der Waals surface area contributed by atoms with E-state index in [0.29, 0.717) is 33.3 Å². The van der Waals surface area contributed by atoms with Gasteiger partial charge in [0, 0.05) is 29.1 Å². The van der Waals surface area contributed by atoms with Gasteiger partial charge in [0.15, 0.2) is 0 Å². The Kier molecular flexibility index (Phi) is 11.0. The van der Waals surface area contributed by atoms with Crippen LogP contribution in [-0.2, 0) is 32.6 Å². The highest BCUT2D eigenvalue weighted by atomic mass is 35.5. The fourth-order valence-electron chi connectivity index (χ4n) is 4.25. The van der Waals surface area contributed by atoms with Gasteiger partial charge in [0.2, 0.25) is 21.8 Å². The first-order chi connectivity index (χ1) is 18.9. The number of halogens is 2. The lowest BCUT2D eigenvalue weighted by molar-refractivity contribution is -0.140. The van der Waals surface area contributed by atoms with Crippen LogP contribution < -0.4 is 9.62 Å². The standard InChI is InChI=1S/C30H35Cl2N3O4S/c1-5-22(3)33-30(37)28(17-23-11-7-6-8-12-23)34(19-24-13-9-10-14-26(24)32)29(36)20-35(40(4,38)39)27-18-25(31)16-15-21(27)2/h6-16,18,22,28H,5,17,19-20H2,1-4H3,(H,33,37). The number of sulfonamides is 1. The van der Waals surface area contributed by atoms with E-state index in [1.807, 2.05) is 44.2 Å². The van der Waals surface area contributed by atoms with Crippen LogP contribution in [0.4, 0.5) is 5.69 Å². The first-order valence-electron chi connectivity index (χ1n) is 13.0. The molecule has 0 bridgehead atoms. The van der Waals surface area contributed by atoms with Crippen molar-refractivity contribution in [2.45, 2.75) is 52.2 Å². The Labute approximate surface area is 247 Å². The highest BCUT2D eigenvalue weighted by molar-refractivity contribution is 7.92. The van der Waals surface area contributed by atoms with E-state index in [1.54, 1.807) is 43.3 Å². The molecule has 0 aliphatic heterocycles. The molecule has 0 aliphatic carbocycles. The third-order valence-corrected chi connectivity index (χ3v) is 8.42. The fraction of sp³-hybridized carbons (Fsp3) is 0.333. The molecule has 3 rings (SSSR count). The Balaban J connectivity index is 2.10. The van der Waals surface area contributed by atoms with E-state index in [-0.39, 0.29) is 24.9 Å². The summed E-state index contributed by atoms with van der Waals surface area (Å²) in [6.45, 7) is 5.09. The molecular weight excluding hydrogens is 569 g/mol. The number of hydrogen-bond donors (Lipinski definition) is 1. The second-order valence-electron chi connectivity index (χ2n) is 9.84. The molecule has 1 N–H and O–H groups in total. The van der Waals surface area contributed by atoms with Crippen LogP contribution >= 0.6 is 23.2 Å². The number of benzene rings is 3. The summed E-state index contributed by atoms with van der Waals surface area (Å²) in [5, 5.41) is 3.78. The number of anilines is 1. The molecule has 7 nitrogen and oxygen atoms in total. The zero-order valence-electron chi connectivity index (χ0n) is 23.1. The molecule has 0 aromatic heterocycles. The summed E-state index contributed by atoms with van der Waals surface area (Å²) in [6.07, 6.45) is 1.97. The van der Waals surface area contributed by atoms with Crippen molar-refractivity contribution in [1.82, 2.24) is 10.2 Å². The zero-order chi connectivity index (χ0) is 29.4. The van der Waals surface area contributed by atoms with Crippen molar-refractivity contribution in [2.75, 3.05) is 17.1 Å². The van der Waals surface area contributed by atoms with Gasteiger partial charge in [-0.15, -0.1) is 0 Å². The number of hydrogen-bond acceptors (Lipinski definition) is 4. The van der Waals surface area contributed by atoms with E-state index >= 15 is 0 Å². The van der Waals surface area contributed by atoms with Gasteiger partial charge in [0.05, 0.1) is 11.9 Å². The van der Waals surface area contributed by atoms with Crippen LogP contribution in [0.3, 0.4) is 0 Å². The molecule has 3 aromatic carbocycles. The number of aryl methyl sites for hydroxylation is 1. The van der Waals surface area contributed by atoms with Crippen LogP contribution in [0, 0.1) is 6.92 Å². The third kappa shape index (κ3) is 8.46. The SMILES string of the molecule is CCC(C)NC(=O)C(Cc1ccccc1)N(Cc1ccccc1Cl)C(=O)CN(c1cc(Cl)ccc1C)S(C)(=O)=O. The summed E-state index contributed by atoms with van der Waals surface area (Å²) >= 11 is 12.7. The average Bonchev–Trinajstić information content (AvgIpc) is 2.91. The average molecular weight is 605 g/mol. The first-order valence-corrected chi connectivity index (χ1v) is 15.6.